The van der Waals surface area contributed by atoms with Gasteiger partial charge in [0.2, 0.25) is 0 Å². The molecule has 0 aliphatic rings. The lowest BCUT2D eigenvalue weighted by atomic mass is 10.0. The quantitative estimate of drug-likeness (QED) is 0.168. The van der Waals surface area contributed by atoms with Gasteiger partial charge in [0.25, 0.3) is 0 Å². The third kappa shape index (κ3) is 4.79. The Bertz CT molecular complexity index is 3490. The number of aromatic nitrogens is 3. The summed E-state index contributed by atoms with van der Waals surface area (Å²) in [6.45, 7) is 0. The molecular formula is C54H35N3. The van der Waals surface area contributed by atoms with Crippen LogP contribution in [-0.2, 0) is 0 Å². The van der Waals surface area contributed by atoms with Crippen molar-refractivity contribution >= 4 is 65.4 Å². The molecule has 3 heterocycles. The third-order valence-corrected chi connectivity index (χ3v) is 11.8. The van der Waals surface area contributed by atoms with Gasteiger partial charge in [0.05, 0.1) is 33.1 Å². The Morgan fingerprint density at radius 2 is 0.702 bits per heavy atom. The fourth-order valence-corrected chi connectivity index (χ4v) is 9.32. The van der Waals surface area contributed by atoms with E-state index in [1.807, 2.05) is 0 Å². The smallest absolute Gasteiger partial charge is 0.0641 e. The molecule has 57 heavy (non-hydrogen) atoms. The first-order chi connectivity index (χ1) is 28.3. The summed E-state index contributed by atoms with van der Waals surface area (Å²) in [7, 11) is 0. The van der Waals surface area contributed by atoms with E-state index in [4.69, 9.17) is 0 Å². The van der Waals surface area contributed by atoms with Crippen LogP contribution in [0.1, 0.15) is 0 Å². The fraction of sp³-hybridized carbons (Fsp3) is 0. The van der Waals surface area contributed by atoms with Crippen LogP contribution in [0, 0.1) is 0 Å². The summed E-state index contributed by atoms with van der Waals surface area (Å²) >= 11 is 0. The van der Waals surface area contributed by atoms with Gasteiger partial charge in [-0.15, -0.1) is 0 Å². The highest BCUT2D eigenvalue weighted by molar-refractivity contribution is 6.26. The topological polar surface area (TPSA) is 14.8 Å². The highest BCUT2D eigenvalue weighted by Crippen LogP contribution is 2.42. The maximum Gasteiger partial charge on any atom is 0.0641 e. The van der Waals surface area contributed by atoms with E-state index in [0.29, 0.717) is 0 Å². The second kappa shape index (κ2) is 12.5. The van der Waals surface area contributed by atoms with E-state index >= 15 is 0 Å². The molecule has 266 valence electrons. The van der Waals surface area contributed by atoms with Crippen molar-refractivity contribution in [3.05, 3.63) is 212 Å². The standard InChI is InChI=1S/C54H35N3/c1-3-14-36(15-4-1)38-16-13-19-42(34-38)56-48-23-10-8-21-44(48)47-35-39(28-32-51(47)56)37-26-29-41(30-27-37)57-49-24-11-7-20-43(49)45-31-33-52-53(54(45)57)46-22-9-12-25-50(46)55(52)40-17-5-2-6-18-40/h1-35H. The second-order valence-electron chi connectivity index (χ2n) is 14.9. The molecular weight excluding hydrogens is 691 g/mol. The summed E-state index contributed by atoms with van der Waals surface area (Å²) in [5, 5.41) is 7.53. The van der Waals surface area contributed by atoms with Gasteiger partial charge in [-0.3, -0.25) is 0 Å². The Morgan fingerprint density at radius 3 is 1.46 bits per heavy atom. The molecule has 0 amide bonds. The van der Waals surface area contributed by atoms with E-state index in [0.717, 1.165) is 17.1 Å². The predicted octanol–water partition coefficient (Wildman–Crippen LogP) is 14.3. The molecule has 0 unspecified atom stereocenters. The lowest BCUT2D eigenvalue weighted by molar-refractivity contribution is 1.17. The Hall–Kier alpha value is -7.62. The van der Waals surface area contributed by atoms with Gasteiger partial charge in [-0.1, -0.05) is 140 Å². The molecule has 9 aromatic carbocycles. The van der Waals surface area contributed by atoms with Gasteiger partial charge in [0.15, 0.2) is 0 Å². The van der Waals surface area contributed by atoms with Crippen LogP contribution >= 0.6 is 0 Å². The van der Waals surface area contributed by atoms with Crippen LogP contribution in [-0.4, -0.2) is 13.7 Å². The normalized spacial score (nSPS) is 11.9. The minimum absolute atomic E-state index is 1.14. The van der Waals surface area contributed by atoms with Crippen LogP contribution in [0.2, 0.25) is 0 Å². The Balaban J connectivity index is 1.02. The number of para-hydroxylation sites is 4. The minimum Gasteiger partial charge on any atom is -0.309 e. The van der Waals surface area contributed by atoms with Crippen molar-refractivity contribution in [3.8, 4) is 39.3 Å². The Kier molecular flexibility index (Phi) is 6.93. The number of rotatable bonds is 5. The highest BCUT2D eigenvalue weighted by atomic mass is 15.0. The van der Waals surface area contributed by atoms with Crippen LogP contribution in [0.4, 0.5) is 0 Å². The first-order valence-electron chi connectivity index (χ1n) is 19.6. The highest BCUT2D eigenvalue weighted by Gasteiger charge is 2.21. The summed E-state index contributed by atoms with van der Waals surface area (Å²) in [5.74, 6) is 0. The zero-order valence-electron chi connectivity index (χ0n) is 31.0. The SMILES string of the molecule is c1ccc(-c2cccc(-n3c4ccccc4c4cc(-c5ccc(-n6c7ccccc7c7ccc8c(c9ccccc9n8-c8ccccc8)c76)cc5)ccc43)c2)cc1. The zero-order chi connectivity index (χ0) is 37.5. The average molecular weight is 726 g/mol. The summed E-state index contributed by atoms with van der Waals surface area (Å²) in [6.07, 6.45) is 0. The maximum atomic E-state index is 2.47. The largest absolute Gasteiger partial charge is 0.309 e. The summed E-state index contributed by atoms with van der Waals surface area (Å²) in [4.78, 5) is 0. The van der Waals surface area contributed by atoms with E-state index in [9.17, 15) is 0 Å². The van der Waals surface area contributed by atoms with Crippen molar-refractivity contribution in [2.45, 2.75) is 0 Å². The monoisotopic (exact) mass is 725 g/mol. The van der Waals surface area contributed by atoms with Gasteiger partial charge in [-0.05, 0) is 95.1 Å². The van der Waals surface area contributed by atoms with Crippen LogP contribution in [0.5, 0.6) is 0 Å². The summed E-state index contributed by atoms with van der Waals surface area (Å²) in [6, 6.07) is 77.3. The molecule has 0 N–H and O–H groups in total. The van der Waals surface area contributed by atoms with Gasteiger partial charge in [0.1, 0.15) is 0 Å². The summed E-state index contributed by atoms with van der Waals surface area (Å²) in [5.41, 5.74) is 15.5. The van der Waals surface area contributed by atoms with E-state index in [1.165, 1.54) is 87.7 Å². The van der Waals surface area contributed by atoms with E-state index < -0.39 is 0 Å². The van der Waals surface area contributed by atoms with Crippen LogP contribution in [0.15, 0.2) is 212 Å². The van der Waals surface area contributed by atoms with E-state index in [2.05, 4.69) is 226 Å². The molecule has 12 aromatic rings. The van der Waals surface area contributed by atoms with Gasteiger partial charge in [0, 0.05) is 49.4 Å². The lowest BCUT2D eigenvalue weighted by Gasteiger charge is -2.12. The van der Waals surface area contributed by atoms with Crippen molar-refractivity contribution in [1.82, 2.24) is 13.7 Å². The molecule has 0 aliphatic carbocycles. The van der Waals surface area contributed by atoms with Crippen molar-refractivity contribution in [2.75, 3.05) is 0 Å². The molecule has 0 bridgehead atoms. The molecule has 0 atom stereocenters. The average Bonchev–Trinajstić information content (AvgIpc) is 3.93. The summed E-state index contributed by atoms with van der Waals surface area (Å²) < 4.78 is 7.28. The second-order valence-corrected chi connectivity index (χ2v) is 14.9. The molecule has 3 aromatic heterocycles. The third-order valence-electron chi connectivity index (χ3n) is 11.8. The Morgan fingerprint density at radius 1 is 0.228 bits per heavy atom. The van der Waals surface area contributed by atoms with Crippen molar-refractivity contribution in [1.29, 1.82) is 0 Å². The van der Waals surface area contributed by atoms with Gasteiger partial charge < -0.3 is 13.7 Å². The van der Waals surface area contributed by atoms with Crippen molar-refractivity contribution < 1.29 is 0 Å². The molecule has 0 radical (unpaired) electrons. The molecule has 0 saturated heterocycles. The minimum atomic E-state index is 1.14. The maximum absolute atomic E-state index is 2.47. The van der Waals surface area contributed by atoms with E-state index in [-0.39, 0.29) is 0 Å². The van der Waals surface area contributed by atoms with Gasteiger partial charge in [-0.2, -0.15) is 0 Å². The number of hydrogen-bond acceptors (Lipinski definition) is 0. The number of benzene rings is 9. The van der Waals surface area contributed by atoms with Gasteiger partial charge in [-0.25, -0.2) is 0 Å². The number of hydrogen-bond donors (Lipinski definition) is 0. The molecule has 3 heteroatoms. The predicted molar refractivity (Wildman–Crippen MR) is 240 cm³/mol. The van der Waals surface area contributed by atoms with Crippen LogP contribution in [0.25, 0.3) is 105 Å². The zero-order valence-corrected chi connectivity index (χ0v) is 31.0. The first kappa shape index (κ1) is 31.7. The number of fused-ring (bicyclic) bond motifs is 10. The fourth-order valence-electron chi connectivity index (χ4n) is 9.32. The molecule has 12 rings (SSSR count). The van der Waals surface area contributed by atoms with Crippen molar-refractivity contribution in [3.63, 3.8) is 0 Å². The van der Waals surface area contributed by atoms with Gasteiger partial charge >= 0.3 is 0 Å². The lowest BCUT2D eigenvalue weighted by Crippen LogP contribution is -1.95. The molecule has 0 saturated carbocycles. The molecule has 0 spiro atoms. The van der Waals surface area contributed by atoms with Crippen LogP contribution in [0.3, 0.4) is 0 Å². The molecule has 0 aliphatic heterocycles. The van der Waals surface area contributed by atoms with E-state index in [1.54, 1.807) is 0 Å². The van der Waals surface area contributed by atoms with Crippen LogP contribution < -0.4 is 0 Å². The van der Waals surface area contributed by atoms with Crippen molar-refractivity contribution in [2.24, 2.45) is 0 Å². The molecule has 0 fully saturated rings. The number of nitrogens with zero attached hydrogens (tertiary/aromatic N) is 3. The Labute approximate surface area is 329 Å². The molecule has 3 nitrogen and oxygen atoms in total. The first-order valence-corrected chi connectivity index (χ1v) is 19.6.